The topological polar surface area (TPSA) is 58.6 Å². The Morgan fingerprint density at radius 1 is 1.75 bits per heavy atom. The standard InChI is InChI=1S/C7H13NO3.ClH/c1-5(9)11-4-6-2-7(10)3-8-6;/h6-8,10H,2-4H2,1H3;1H/t6-,7+;/m0./s1. The van der Waals surface area contributed by atoms with Gasteiger partial charge in [0.2, 0.25) is 0 Å². The van der Waals surface area contributed by atoms with Gasteiger partial charge in [-0.15, -0.1) is 12.4 Å². The van der Waals surface area contributed by atoms with Gasteiger partial charge in [0.15, 0.2) is 0 Å². The van der Waals surface area contributed by atoms with Crippen molar-refractivity contribution in [2.45, 2.75) is 25.5 Å². The summed E-state index contributed by atoms with van der Waals surface area (Å²) in [5.74, 6) is -0.270. The second-order valence-corrected chi connectivity index (χ2v) is 2.80. The fourth-order valence-electron chi connectivity index (χ4n) is 1.14. The molecule has 1 saturated heterocycles. The van der Waals surface area contributed by atoms with Crippen LogP contribution in [0.1, 0.15) is 13.3 Å². The zero-order valence-corrected chi connectivity index (χ0v) is 7.76. The Hall–Kier alpha value is -0.320. The van der Waals surface area contributed by atoms with E-state index < -0.39 is 0 Å². The molecule has 0 aromatic heterocycles. The van der Waals surface area contributed by atoms with E-state index in [2.05, 4.69) is 5.32 Å². The number of esters is 1. The van der Waals surface area contributed by atoms with Crippen molar-refractivity contribution in [2.24, 2.45) is 0 Å². The fourth-order valence-corrected chi connectivity index (χ4v) is 1.14. The molecule has 0 radical (unpaired) electrons. The minimum atomic E-state index is -0.282. The Kier molecular flexibility index (Phi) is 5.20. The van der Waals surface area contributed by atoms with Crippen molar-refractivity contribution in [3.8, 4) is 0 Å². The molecular formula is C7H14ClNO3. The molecule has 0 spiro atoms. The maximum absolute atomic E-state index is 10.4. The average Bonchev–Trinajstić information content (AvgIpc) is 2.31. The van der Waals surface area contributed by atoms with E-state index in [1.807, 2.05) is 0 Å². The Morgan fingerprint density at radius 2 is 2.42 bits per heavy atom. The monoisotopic (exact) mass is 195 g/mol. The zero-order valence-electron chi connectivity index (χ0n) is 6.95. The quantitative estimate of drug-likeness (QED) is 0.594. The van der Waals surface area contributed by atoms with Crippen LogP contribution >= 0.6 is 12.4 Å². The molecule has 0 bridgehead atoms. The molecule has 0 amide bonds. The third-order valence-corrected chi connectivity index (χ3v) is 1.69. The number of β-amino-alcohol motifs (C(OH)–C–C–N with tert-alkyl or cyclic N) is 1. The normalized spacial score (nSPS) is 27.8. The first-order valence-corrected chi connectivity index (χ1v) is 3.73. The number of carbonyl (C=O) groups excluding carboxylic acids is 1. The summed E-state index contributed by atoms with van der Waals surface area (Å²) in [4.78, 5) is 10.4. The van der Waals surface area contributed by atoms with Crippen LogP contribution in [0, 0.1) is 0 Å². The molecule has 4 nitrogen and oxygen atoms in total. The second-order valence-electron chi connectivity index (χ2n) is 2.80. The van der Waals surface area contributed by atoms with E-state index in [1.165, 1.54) is 6.92 Å². The molecule has 1 heterocycles. The lowest BCUT2D eigenvalue weighted by Gasteiger charge is -2.08. The second kappa shape index (κ2) is 5.35. The molecule has 1 aliphatic rings. The van der Waals surface area contributed by atoms with Crippen LogP contribution < -0.4 is 5.32 Å². The molecule has 2 N–H and O–H groups in total. The molecule has 72 valence electrons. The maximum Gasteiger partial charge on any atom is 0.302 e. The van der Waals surface area contributed by atoms with Crippen LogP contribution in [0.4, 0.5) is 0 Å². The van der Waals surface area contributed by atoms with Crippen LogP contribution in [0.5, 0.6) is 0 Å². The van der Waals surface area contributed by atoms with Gasteiger partial charge in [0, 0.05) is 19.5 Å². The predicted molar refractivity (Wildman–Crippen MR) is 46.3 cm³/mol. The molecule has 12 heavy (non-hydrogen) atoms. The van der Waals surface area contributed by atoms with Gasteiger partial charge in [-0.3, -0.25) is 4.79 Å². The summed E-state index contributed by atoms with van der Waals surface area (Å²) in [5.41, 5.74) is 0. The van der Waals surface area contributed by atoms with E-state index in [1.54, 1.807) is 0 Å². The first kappa shape index (κ1) is 11.7. The predicted octanol–water partition coefficient (Wildman–Crippen LogP) is -0.306. The van der Waals surface area contributed by atoms with Gasteiger partial charge in [-0.1, -0.05) is 0 Å². The summed E-state index contributed by atoms with van der Waals surface area (Å²) in [6.07, 6.45) is 0.392. The van der Waals surface area contributed by atoms with Gasteiger partial charge in [0.1, 0.15) is 6.61 Å². The molecule has 2 atom stereocenters. The van der Waals surface area contributed by atoms with Crippen LogP contribution in [0.15, 0.2) is 0 Å². The number of aliphatic hydroxyl groups is 1. The average molecular weight is 196 g/mol. The van der Waals surface area contributed by atoms with Crippen molar-refractivity contribution in [2.75, 3.05) is 13.2 Å². The van der Waals surface area contributed by atoms with E-state index in [0.717, 1.165) is 0 Å². The number of carbonyl (C=O) groups is 1. The number of ether oxygens (including phenoxy) is 1. The first-order valence-electron chi connectivity index (χ1n) is 3.73. The minimum Gasteiger partial charge on any atom is -0.464 e. The molecule has 0 saturated carbocycles. The lowest BCUT2D eigenvalue weighted by Crippen LogP contribution is -2.27. The van der Waals surface area contributed by atoms with Crippen molar-refractivity contribution < 1.29 is 14.6 Å². The first-order chi connectivity index (χ1) is 5.18. The Labute approximate surface area is 77.7 Å². The third kappa shape index (κ3) is 3.90. The highest BCUT2D eigenvalue weighted by Gasteiger charge is 2.22. The highest BCUT2D eigenvalue weighted by Crippen LogP contribution is 2.05. The molecule has 0 unspecified atom stereocenters. The van der Waals surface area contributed by atoms with Gasteiger partial charge in [-0.25, -0.2) is 0 Å². The smallest absolute Gasteiger partial charge is 0.302 e. The van der Waals surface area contributed by atoms with Gasteiger partial charge in [0.25, 0.3) is 0 Å². The van der Waals surface area contributed by atoms with E-state index in [0.29, 0.717) is 19.6 Å². The van der Waals surface area contributed by atoms with Gasteiger partial charge in [0.05, 0.1) is 6.10 Å². The summed E-state index contributed by atoms with van der Waals surface area (Å²) in [6.45, 7) is 2.35. The molecule has 1 rings (SSSR count). The summed E-state index contributed by atoms with van der Waals surface area (Å²) in [5, 5.41) is 12.1. The highest BCUT2D eigenvalue weighted by molar-refractivity contribution is 5.85. The van der Waals surface area contributed by atoms with E-state index in [9.17, 15) is 4.79 Å². The largest absolute Gasteiger partial charge is 0.464 e. The number of hydrogen-bond donors (Lipinski definition) is 2. The minimum absolute atomic E-state index is 0. The van der Waals surface area contributed by atoms with E-state index in [-0.39, 0.29) is 30.5 Å². The molecular weight excluding hydrogens is 182 g/mol. The number of hydrogen-bond acceptors (Lipinski definition) is 4. The molecule has 0 aromatic carbocycles. The van der Waals surface area contributed by atoms with Gasteiger partial charge in [-0.2, -0.15) is 0 Å². The van der Waals surface area contributed by atoms with Crippen molar-refractivity contribution in [1.82, 2.24) is 5.32 Å². The van der Waals surface area contributed by atoms with Crippen molar-refractivity contribution >= 4 is 18.4 Å². The fraction of sp³-hybridized carbons (Fsp3) is 0.857. The highest BCUT2D eigenvalue weighted by atomic mass is 35.5. The molecule has 1 fully saturated rings. The van der Waals surface area contributed by atoms with Gasteiger partial charge < -0.3 is 15.2 Å². The number of aliphatic hydroxyl groups excluding tert-OH is 1. The summed E-state index contributed by atoms with van der Waals surface area (Å²) in [7, 11) is 0. The molecule has 5 heteroatoms. The number of halogens is 1. The summed E-state index contributed by atoms with van der Waals surface area (Å²) >= 11 is 0. The lowest BCUT2D eigenvalue weighted by molar-refractivity contribution is -0.141. The molecule has 0 aliphatic carbocycles. The number of nitrogens with one attached hydrogen (secondary N) is 1. The van der Waals surface area contributed by atoms with Crippen molar-refractivity contribution in [1.29, 1.82) is 0 Å². The van der Waals surface area contributed by atoms with Gasteiger partial charge >= 0.3 is 5.97 Å². The zero-order chi connectivity index (χ0) is 8.27. The van der Waals surface area contributed by atoms with Crippen LogP contribution in [0.2, 0.25) is 0 Å². The van der Waals surface area contributed by atoms with Crippen LogP contribution in [0.25, 0.3) is 0 Å². The molecule has 1 aliphatic heterocycles. The number of rotatable bonds is 2. The Balaban J connectivity index is 0.00000121. The summed E-state index contributed by atoms with van der Waals surface area (Å²) in [6, 6.07) is 0.133. The Bertz CT molecular complexity index is 154. The SMILES string of the molecule is CC(=O)OC[C@@H]1C[C@@H](O)CN1.Cl. The van der Waals surface area contributed by atoms with Crippen molar-refractivity contribution in [3.05, 3.63) is 0 Å². The van der Waals surface area contributed by atoms with Gasteiger partial charge in [-0.05, 0) is 6.42 Å². The van der Waals surface area contributed by atoms with Crippen molar-refractivity contribution in [3.63, 3.8) is 0 Å². The lowest BCUT2D eigenvalue weighted by atomic mass is 10.2. The van der Waals surface area contributed by atoms with Crippen LogP contribution in [-0.2, 0) is 9.53 Å². The van der Waals surface area contributed by atoms with E-state index in [4.69, 9.17) is 9.84 Å². The summed E-state index contributed by atoms with van der Waals surface area (Å²) < 4.78 is 4.76. The maximum atomic E-state index is 10.4. The Morgan fingerprint density at radius 3 is 2.83 bits per heavy atom. The third-order valence-electron chi connectivity index (χ3n) is 1.69. The van der Waals surface area contributed by atoms with Crippen LogP contribution in [0.3, 0.4) is 0 Å². The van der Waals surface area contributed by atoms with Crippen LogP contribution in [-0.4, -0.2) is 36.4 Å². The molecule has 0 aromatic rings. The van der Waals surface area contributed by atoms with E-state index >= 15 is 0 Å².